The van der Waals surface area contributed by atoms with Crippen LogP contribution in [0.5, 0.6) is 0 Å². The highest BCUT2D eigenvalue weighted by Gasteiger charge is 2.36. The monoisotopic (exact) mass is 181 g/mol. The molecular weight excluding hydrogens is 162 g/mol. The predicted octanol–water partition coefficient (Wildman–Crippen LogP) is 2.04. The predicted molar refractivity (Wildman–Crippen MR) is 52.3 cm³/mol. The summed E-state index contributed by atoms with van der Waals surface area (Å²) in [6, 6.07) is 0.567. The zero-order chi connectivity index (χ0) is 9.42. The number of amides is 1. The molecule has 0 saturated carbocycles. The van der Waals surface area contributed by atoms with Gasteiger partial charge in [-0.3, -0.25) is 4.79 Å². The fourth-order valence-electron chi connectivity index (χ4n) is 2.74. The molecule has 0 N–H and O–H groups in total. The van der Waals surface area contributed by atoms with Crippen molar-refractivity contribution in [1.82, 2.24) is 4.90 Å². The molecular formula is C11H19NO. The molecule has 2 aliphatic heterocycles. The summed E-state index contributed by atoms with van der Waals surface area (Å²) >= 11 is 0. The van der Waals surface area contributed by atoms with Gasteiger partial charge in [0.2, 0.25) is 5.91 Å². The minimum absolute atomic E-state index is 0.398. The van der Waals surface area contributed by atoms with E-state index in [0.717, 1.165) is 25.3 Å². The van der Waals surface area contributed by atoms with E-state index in [0.29, 0.717) is 17.9 Å². The summed E-state index contributed by atoms with van der Waals surface area (Å²) in [6.07, 6.45) is 4.42. The molecule has 2 saturated heterocycles. The van der Waals surface area contributed by atoms with Gasteiger partial charge in [-0.1, -0.05) is 13.8 Å². The molecule has 0 aromatic heterocycles. The Kier molecular flexibility index (Phi) is 2.31. The summed E-state index contributed by atoms with van der Waals surface area (Å²) in [4.78, 5) is 13.8. The quantitative estimate of drug-likeness (QED) is 0.560. The highest BCUT2D eigenvalue weighted by atomic mass is 16.2. The Morgan fingerprint density at radius 1 is 1.23 bits per heavy atom. The van der Waals surface area contributed by atoms with Crippen LogP contribution in [0.25, 0.3) is 0 Å². The normalized spacial score (nSPS) is 40.3. The molecule has 3 unspecified atom stereocenters. The maximum absolute atomic E-state index is 11.6. The smallest absolute Gasteiger partial charge is 0.222 e. The number of carbonyl (C=O) groups excluding carboxylic acids is 1. The molecule has 2 heteroatoms. The number of carbonyl (C=O) groups is 1. The highest BCUT2D eigenvalue weighted by molar-refractivity contribution is 5.77. The third-order valence-electron chi connectivity index (χ3n) is 3.65. The minimum atomic E-state index is 0.398. The summed E-state index contributed by atoms with van der Waals surface area (Å²) in [5.74, 6) is 1.84. The van der Waals surface area contributed by atoms with E-state index in [2.05, 4.69) is 18.7 Å². The first-order valence-corrected chi connectivity index (χ1v) is 5.48. The van der Waals surface area contributed by atoms with Gasteiger partial charge in [0.1, 0.15) is 0 Å². The van der Waals surface area contributed by atoms with Gasteiger partial charge in [-0.05, 0) is 31.1 Å². The van der Waals surface area contributed by atoms with E-state index in [1.807, 2.05) is 0 Å². The molecule has 2 rings (SSSR count). The van der Waals surface area contributed by atoms with Crippen LogP contribution in [0.4, 0.5) is 0 Å². The standard InChI is InChI=1S/C11H19NO/c1-8-3-5-10-9(2)4-6-11(13)12(10)7-8/h8-10H,3-7H2,1-2H3. The second kappa shape index (κ2) is 3.32. The van der Waals surface area contributed by atoms with Gasteiger partial charge in [0.15, 0.2) is 0 Å². The molecule has 0 spiro atoms. The Hall–Kier alpha value is -0.530. The maximum atomic E-state index is 11.6. The van der Waals surface area contributed by atoms with E-state index >= 15 is 0 Å². The van der Waals surface area contributed by atoms with Crippen molar-refractivity contribution >= 4 is 5.91 Å². The molecule has 2 fully saturated rings. The van der Waals surface area contributed by atoms with Gasteiger partial charge in [0.05, 0.1) is 0 Å². The van der Waals surface area contributed by atoms with E-state index < -0.39 is 0 Å². The minimum Gasteiger partial charge on any atom is -0.339 e. The topological polar surface area (TPSA) is 20.3 Å². The van der Waals surface area contributed by atoms with Gasteiger partial charge >= 0.3 is 0 Å². The van der Waals surface area contributed by atoms with Crippen molar-refractivity contribution in [2.24, 2.45) is 11.8 Å². The van der Waals surface area contributed by atoms with Crippen molar-refractivity contribution in [2.75, 3.05) is 6.54 Å². The van der Waals surface area contributed by atoms with Crippen molar-refractivity contribution in [3.8, 4) is 0 Å². The van der Waals surface area contributed by atoms with Crippen molar-refractivity contribution in [2.45, 2.75) is 45.6 Å². The zero-order valence-corrected chi connectivity index (χ0v) is 8.62. The lowest BCUT2D eigenvalue weighted by Crippen LogP contribution is -2.52. The zero-order valence-electron chi connectivity index (χ0n) is 8.62. The lowest BCUT2D eigenvalue weighted by atomic mass is 9.82. The van der Waals surface area contributed by atoms with Crippen LogP contribution in [-0.2, 0) is 4.79 Å². The van der Waals surface area contributed by atoms with Crippen LogP contribution < -0.4 is 0 Å². The van der Waals surface area contributed by atoms with Crippen LogP contribution in [-0.4, -0.2) is 23.4 Å². The van der Waals surface area contributed by atoms with Crippen molar-refractivity contribution in [3.63, 3.8) is 0 Å². The Labute approximate surface area is 80.3 Å². The summed E-state index contributed by atoms with van der Waals surface area (Å²) in [5, 5.41) is 0. The number of hydrogen-bond acceptors (Lipinski definition) is 1. The molecule has 13 heavy (non-hydrogen) atoms. The van der Waals surface area contributed by atoms with Crippen molar-refractivity contribution < 1.29 is 4.79 Å². The molecule has 0 aliphatic carbocycles. The lowest BCUT2D eigenvalue weighted by molar-refractivity contribution is -0.141. The first kappa shape index (κ1) is 9.04. The van der Waals surface area contributed by atoms with E-state index in [1.54, 1.807) is 0 Å². The molecule has 0 aromatic rings. The Morgan fingerprint density at radius 2 is 2.00 bits per heavy atom. The number of piperidine rings is 2. The third kappa shape index (κ3) is 1.59. The molecule has 0 aromatic carbocycles. The van der Waals surface area contributed by atoms with E-state index in [4.69, 9.17) is 0 Å². The fraction of sp³-hybridized carbons (Fsp3) is 0.909. The van der Waals surface area contributed by atoms with Gasteiger partial charge in [0, 0.05) is 19.0 Å². The van der Waals surface area contributed by atoms with Crippen LogP contribution in [0.1, 0.15) is 39.5 Å². The van der Waals surface area contributed by atoms with Crippen LogP contribution in [0, 0.1) is 11.8 Å². The summed E-state index contributed by atoms with van der Waals surface area (Å²) in [6.45, 7) is 5.55. The molecule has 2 nitrogen and oxygen atoms in total. The number of nitrogens with zero attached hydrogens (tertiary/aromatic N) is 1. The summed E-state index contributed by atoms with van der Waals surface area (Å²) < 4.78 is 0. The van der Waals surface area contributed by atoms with Crippen LogP contribution in [0.2, 0.25) is 0 Å². The SMILES string of the molecule is CC1CCC2C(C)CCC(=O)N2C1. The van der Waals surface area contributed by atoms with Gasteiger partial charge in [0.25, 0.3) is 0 Å². The van der Waals surface area contributed by atoms with Crippen LogP contribution in [0.15, 0.2) is 0 Å². The highest BCUT2D eigenvalue weighted by Crippen LogP contribution is 2.32. The van der Waals surface area contributed by atoms with Gasteiger partial charge in [-0.25, -0.2) is 0 Å². The summed E-state index contributed by atoms with van der Waals surface area (Å²) in [7, 11) is 0. The molecule has 2 heterocycles. The molecule has 2 aliphatic rings. The third-order valence-corrected chi connectivity index (χ3v) is 3.65. The number of hydrogen-bond donors (Lipinski definition) is 0. The van der Waals surface area contributed by atoms with E-state index in [-0.39, 0.29) is 0 Å². The van der Waals surface area contributed by atoms with Crippen LogP contribution >= 0.6 is 0 Å². The van der Waals surface area contributed by atoms with Gasteiger partial charge < -0.3 is 4.90 Å². The summed E-state index contributed by atoms with van der Waals surface area (Å²) in [5.41, 5.74) is 0. The maximum Gasteiger partial charge on any atom is 0.222 e. The lowest BCUT2D eigenvalue weighted by Gasteiger charge is -2.45. The average molecular weight is 181 g/mol. The second-order valence-electron chi connectivity index (χ2n) is 4.81. The molecule has 3 atom stereocenters. The molecule has 0 bridgehead atoms. The Bertz CT molecular complexity index is 214. The van der Waals surface area contributed by atoms with E-state index in [9.17, 15) is 4.79 Å². The van der Waals surface area contributed by atoms with Crippen LogP contribution in [0.3, 0.4) is 0 Å². The van der Waals surface area contributed by atoms with Gasteiger partial charge in [-0.15, -0.1) is 0 Å². The van der Waals surface area contributed by atoms with Gasteiger partial charge in [-0.2, -0.15) is 0 Å². The average Bonchev–Trinajstić information content (AvgIpc) is 2.12. The Morgan fingerprint density at radius 3 is 2.77 bits per heavy atom. The first-order chi connectivity index (χ1) is 6.18. The Balaban J connectivity index is 2.11. The van der Waals surface area contributed by atoms with Crippen molar-refractivity contribution in [1.29, 1.82) is 0 Å². The second-order valence-corrected chi connectivity index (χ2v) is 4.81. The first-order valence-electron chi connectivity index (χ1n) is 5.48. The molecule has 1 amide bonds. The number of fused-ring (bicyclic) bond motifs is 1. The molecule has 74 valence electrons. The largest absolute Gasteiger partial charge is 0.339 e. The van der Waals surface area contributed by atoms with E-state index in [1.165, 1.54) is 12.8 Å². The van der Waals surface area contributed by atoms with Crippen molar-refractivity contribution in [3.05, 3.63) is 0 Å². The fourth-order valence-corrected chi connectivity index (χ4v) is 2.74. The number of rotatable bonds is 0. The molecule has 0 radical (unpaired) electrons.